The predicted octanol–water partition coefficient (Wildman–Crippen LogP) is 3.65. The van der Waals surface area contributed by atoms with Crippen LogP contribution in [0.15, 0.2) is 18.5 Å². The lowest BCUT2D eigenvalue weighted by Gasteiger charge is -2.21. The van der Waals surface area contributed by atoms with Crippen LogP contribution in [0.1, 0.15) is 50.4 Å². The van der Waals surface area contributed by atoms with Crippen molar-refractivity contribution in [3.05, 3.63) is 57.4 Å². The third-order valence-corrected chi connectivity index (χ3v) is 5.97. The maximum atomic E-state index is 15.7. The summed E-state index contributed by atoms with van der Waals surface area (Å²) in [7, 11) is 0. The Labute approximate surface area is 180 Å². The van der Waals surface area contributed by atoms with Gasteiger partial charge < -0.3 is 20.7 Å². The normalized spacial score (nSPS) is 16.7. The van der Waals surface area contributed by atoms with Crippen molar-refractivity contribution in [1.29, 1.82) is 0 Å². The molecule has 0 aromatic carbocycles. The van der Waals surface area contributed by atoms with Crippen LogP contribution in [0, 0.1) is 5.82 Å². The zero-order valence-corrected chi connectivity index (χ0v) is 17.1. The van der Waals surface area contributed by atoms with Gasteiger partial charge in [-0.2, -0.15) is 0 Å². The number of nitrogens with zero attached hydrogens (tertiary/aromatic N) is 2. The molecular weight excluding hydrogens is 425 g/mol. The molecule has 1 aliphatic heterocycles. The number of hydrogen-bond acceptors (Lipinski definition) is 5. The Morgan fingerprint density at radius 1 is 1.29 bits per heavy atom. The third kappa shape index (κ3) is 3.04. The summed E-state index contributed by atoms with van der Waals surface area (Å²) in [6.07, 6.45) is 3.81. The van der Waals surface area contributed by atoms with Crippen LogP contribution in [0.25, 0.3) is 11.3 Å². The van der Waals surface area contributed by atoms with Gasteiger partial charge in [-0.3, -0.25) is 4.79 Å². The van der Waals surface area contributed by atoms with Crippen molar-refractivity contribution >= 4 is 35.0 Å². The second-order valence-electron chi connectivity index (χ2n) is 7.68. The number of aryl methyl sites for hydroxylation is 1. The van der Waals surface area contributed by atoms with Crippen LogP contribution in [0.2, 0.25) is 5.15 Å². The van der Waals surface area contributed by atoms with Crippen molar-refractivity contribution in [2.24, 2.45) is 0 Å². The van der Waals surface area contributed by atoms with Gasteiger partial charge in [0.2, 0.25) is 0 Å². The highest BCUT2D eigenvalue weighted by Gasteiger charge is 2.34. The second-order valence-corrected chi connectivity index (χ2v) is 8.07. The number of anilines is 2. The van der Waals surface area contributed by atoms with Crippen LogP contribution < -0.4 is 10.6 Å². The molecule has 0 spiro atoms. The summed E-state index contributed by atoms with van der Waals surface area (Å²) in [4.78, 5) is 35.2. The minimum atomic E-state index is -1.23. The molecule has 4 N–H and O–H groups in total. The van der Waals surface area contributed by atoms with E-state index in [1.807, 2.05) is 6.92 Å². The number of carbonyl (C=O) groups is 2. The Bertz CT molecular complexity index is 1270. The maximum absolute atomic E-state index is 15.7. The number of fused-ring (bicyclic) bond motifs is 5. The SMILES string of the molecule is CC1CNC(=O)c2c1[nH]c1c2CCc2cnc(Nc3cc(Cl)ncc3C(=O)O)c(F)c2-1. The summed E-state index contributed by atoms with van der Waals surface area (Å²) >= 11 is 5.89. The highest BCUT2D eigenvalue weighted by atomic mass is 35.5. The van der Waals surface area contributed by atoms with Crippen LogP contribution in [-0.4, -0.2) is 38.5 Å². The molecular formula is C21H17ClFN5O3. The van der Waals surface area contributed by atoms with Gasteiger partial charge in [0, 0.05) is 36.1 Å². The van der Waals surface area contributed by atoms with Crippen molar-refractivity contribution < 1.29 is 19.1 Å². The Morgan fingerprint density at radius 2 is 2.10 bits per heavy atom. The summed E-state index contributed by atoms with van der Waals surface area (Å²) in [5.41, 5.74) is 3.74. The van der Waals surface area contributed by atoms with Gasteiger partial charge in [-0.05, 0) is 30.0 Å². The molecule has 31 heavy (non-hydrogen) atoms. The largest absolute Gasteiger partial charge is 0.478 e. The Kier molecular flexibility index (Phi) is 4.44. The first-order valence-corrected chi connectivity index (χ1v) is 10.1. The standard InChI is InChI=1S/C21H17ClFN5O3/c1-8-5-26-20(29)15-10-3-2-9-6-25-19(16(23)14(9)18(10)28-17(8)15)27-12-4-13(22)24-7-11(12)21(30)31/h4,6-8,28H,2-3,5H2,1H3,(H,26,29)(H,30,31)(H,24,25,27). The molecule has 0 saturated heterocycles. The van der Waals surface area contributed by atoms with Gasteiger partial charge in [0.25, 0.3) is 5.91 Å². The molecule has 1 amide bonds. The average molecular weight is 442 g/mol. The van der Waals surface area contributed by atoms with E-state index in [1.165, 1.54) is 6.07 Å². The van der Waals surface area contributed by atoms with Gasteiger partial charge in [-0.1, -0.05) is 18.5 Å². The number of nitrogens with one attached hydrogen (secondary N) is 3. The average Bonchev–Trinajstić information content (AvgIpc) is 3.13. The first-order chi connectivity index (χ1) is 14.8. The van der Waals surface area contributed by atoms with E-state index < -0.39 is 11.8 Å². The van der Waals surface area contributed by atoms with E-state index in [1.54, 1.807) is 6.20 Å². The molecule has 1 unspecified atom stereocenters. The number of rotatable bonds is 3. The van der Waals surface area contributed by atoms with E-state index >= 15 is 4.39 Å². The van der Waals surface area contributed by atoms with E-state index in [9.17, 15) is 14.7 Å². The number of aromatic nitrogens is 3. The number of carboxylic acids is 1. The first kappa shape index (κ1) is 19.5. The number of halogens is 2. The predicted molar refractivity (Wildman–Crippen MR) is 112 cm³/mol. The van der Waals surface area contributed by atoms with Crippen LogP contribution >= 0.6 is 11.6 Å². The van der Waals surface area contributed by atoms with Crippen molar-refractivity contribution in [2.75, 3.05) is 11.9 Å². The zero-order chi connectivity index (χ0) is 21.9. The maximum Gasteiger partial charge on any atom is 0.339 e. The molecule has 0 bridgehead atoms. The Hall–Kier alpha value is -3.46. The molecule has 0 radical (unpaired) electrons. The fourth-order valence-electron chi connectivity index (χ4n) is 4.25. The highest BCUT2D eigenvalue weighted by Crippen LogP contribution is 2.42. The highest BCUT2D eigenvalue weighted by molar-refractivity contribution is 6.29. The van der Waals surface area contributed by atoms with Gasteiger partial charge in [0.1, 0.15) is 10.7 Å². The van der Waals surface area contributed by atoms with Gasteiger partial charge in [0.05, 0.1) is 16.9 Å². The van der Waals surface area contributed by atoms with Gasteiger partial charge in [0.15, 0.2) is 11.6 Å². The molecule has 8 nitrogen and oxygen atoms in total. The molecule has 0 saturated carbocycles. The molecule has 0 fully saturated rings. The van der Waals surface area contributed by atoms with Crippen molar-refractivity contribution in [1.82, 2.24) is 20.3 Å². The molecule has 5 rings (SSSR count). The van der Waals surface area contributed by atoms with E-state index in [0.717, 1.165) is 17.5 Å². The van der Waals surface area contributed by atoms with Crippen molar-refractivity contribution in [3.63, 3.8) is 0 Å². The fourth-order valence-corrected chi connectivity index (χ4v) is 4.41. The number of carboxylic acid groups (broad SMARTS) is 1. The van der Waals surface area contributed by atoms with E-state index in [2.05, 4.69) is 25.6 Å². The number of carbonyl (C=O) groups excluding carboxylic acids is 1. The molecule has 3 aromatic heterocycles. The number of hydrogen-bond donors (Lipinski definition) is 4. The van der Waals surface area contributed by atoms with Crippen molar-refractivity contribution in [2.45, 2.75) is 25.7 Å². The number of pyridine rings is 2. The quantitative estimate of drug-likeness (QED) is 0.460. The van der Waals surface area contributed by atoms with E-state index in [-0.39, 0.29) is 34.0 Å². The molecule has 10 heteroatoms. The first-order valence-electron chi connectivity index (χ1n) is 9.71. The fraction of sp³-hybridized carbons (Fsp3) is 0.238. The van der Waals surface area contributed by atoms with Gasteiger partial charge >= 0.3 is 5.97 Å². The number of aromatic carboxylic acids is 1. The van der Waals surface area contributed by atoms with E-state index in [4.69, 9.17) is 11.6 Å². The Morgan fingerprint density at radius 3 is 2.87 bits per heavy atom. The van der Waals surface area contributed by atoms with Crippen LogP contribution in [0.4, 0.5) is 15.9 Å². The number of H-pyrrole nitrogens is 1. The van der Waals surface area contributed by atoms with Crippen molar-refractivity contribution in [3.8, 4) is 11.3 Å². The van der Waals surface area contributed by atoms with Crippen LogP contribution in [-0.2, 0) is 12.8 Å². The lowest BCUT2D eigenvalue weighted by Crippen LogP contribution is -2.34. The monoisotopic (exact) mass is 441 g/mol. The van der Waals surface area contributed by atoms with E-state index in [0.29, 0.717) is 41.8 Å². The lowest BCUT2D eigenvalue weighted by molar-refractivity contribution is 0.0697. The van der Waals surface area contributed by atoms with Gasteiger partial charge in [-0.15, -0.1) is 0 Å². The smallest absolute Gasteiger partial charge is 0.339 e. The topological polar surface area (TPSA) is 120 Å². The minimum Gasteiger partial charge on any atom is -0.478 e. The molecule has 1 atom stereocenters. The molecule has 4 heterocycles. The molecule has 158 valence electrons. The number of aromatic amines is 1. The summed E-state index contributed by atoms with van der Waals surface area (Å²) in [6, 6.07) is 1.30. The summed E-state index contributed by atoms with van der Waals surface area (Å²) < 4.78 is 15.7. The summed E-state index contributed by atoms with van der Waals surface area (Å²) in [5, 5.41) is 15.1. The number of amides is 1. The zero-order valence-electron chi connectivity index (χ0n) is 16.3. The lowest BCUT2D eigenvalue weighted by atomic mass is 9.87. The summed E-state index contributed by atoms with van der Waals surface area (Å²) in [5.74, 6) is -2.07. The second kappa shape index (κ2) is 7.05. The Balaban J connectivity index is 1.64. The minimum absolute atomic E-state index is 0.0604. The molecule has 1 aliphatic carbocycles. The van der Waals surface area contributed by atoms with Crippen LogP contribution in [0.5, 0.6) is 0 Å². The van der Waals surface area contributed by atoms with Gasteiger partial charge in [-0.25, -0.2) is 19.2 Å². The third-order valence-electron chi connectivity index (χ3n) is 5.77. The molecule has 2 aliphatic rings. The summed E-state index contributed by atoms with van der Waals surface area (Å²) in [6.45, 7) is 2.52. The molecule has 3 aromatic rings. The van der Waals surface area contributed by atoms with Crippen LogP contribution in [0.3, 0.4) is 0 Å².